The van der Waals surface area contributed by atoms with E-state index in [4.69, 9.17) is 11.6 Å². The molecule has 1 heterocycles. The third kappa shape index (κ3) is 2.71. The van der Waals surface area contributed by atoms with Crippen LogP contribution in [0.25, 0.3) is 0 Å². The molecule has 1 atom stereocenters. The van der Waals surface area contributed by atoms with Crippen LogP contribution in [0.3, 0.4) is 0 Å². The average molecular weight is 335 g/mol. The predicted octanol–water partition coefficient (Wildman–Crippen LogP) is 4.61. The summed E-state index contributed by atoms with van der Waals surface area (Å²) in [6, 6.07) is 8.76. The van der Waals surface area contributed by atoms with E-state index in [-0.39, 0.29) is 11.9 Å². The molecule has 0 fully saturated rings. The Morgan fingerprint density at radius 2 is 2.12 bits per heavy atom. The maximum atomic E-state index is 13.5. The van der Waals surface area contributed by atoms with Gasteiger partial charge in [-0.3, -0.25) is 0 Å². The van der Waals surface area contributed by atoms with Crippen molar-refractivity contribution in [2.45, 2.75) is 6.04 Å². The molecule has 0 aliphatic heterocycles. The van der Waals surface area contributed by atoms with Gasteiger partial charge in [0.15, 0.2) is 0 Å². The van der Waals surface area contributed by atoms with E-state index in [2.05, 4.69) is 21.2 Å². The van der Waals surface area contributed by atoms with Crippen LogP contribution in [-0.4, -0.2) is 7.05 Å². The van der Waals surface area contributed by atoms with Crippen molar-refractivity contribution in [3.8, 4) is 0 Å². The number of thiophene rings is 1. The molecule has 1 aromatic carbocycles. The van der Waals surface area contributed by atoms with Crippen molar-refractivity contribution in [1.82, 2.24) is 5.32 Å². The van der Waals surface area contributed by atoms with Gasteiger partial charge in [0.2, 0.25) is 0 Å². The number of nitrogens with one attached hydrogen (secondary N) is 1. The fourth-order valence-corrected chi connectivity index (χ4v) is 3.36. The highest BCUT2D eigenvalue weighted by atomic mass is 79.9. The van der Waals surface area contributed by atoms with Crippen LogP contribution >= 0.6 is 38.9 Å². The van der Waals surface area contributed by atoms with Gasteiger partial charge in [0.25, 0.3) is 0 Å². The topological polar surface area (TPSA) is 12.0 Å². The van der Waals surface area contributed by atoms with E-state index in [1.807, 2.05) is 25.2 Å². The van der Waals surface area contributed by atoms with Crippen molar-refractivity contribution in [1.29, 1.82) is 0 Å². The zero-order valence-electron chi connectivity index (χ0n) is 9.01. The van der Waals surface area contributed by atoms with E-state index < -0.39 is 0 Å². The molecule has 1 unspecified atom stereocenters. The van der Waals surface area contributed by atoms with Gasteiger partial charge in [0.1, 0.15) is 5.82 Å². The first-order chi connectivity index (χ1) is 8.13. The number of rotatable bonds is 3. The molecule has 0 amide bonds. The van der Waals surface area contributed by atoms with Gasteiger partial charge in [-0.2, -0.15) is 0 Å². The van der Waals surface area contributed by atoms with E-state index in [1.54, 1.807) is 6.07 Å². The third-order valence-corrected chi connectivity index (χ3v) is 4.59. The smallest absolute Gasteiger partial charge is 0.137 e. The van der Waals surface area contributed by atoms with E-state index in [9.17, 15) is 4.39 Å². The second-order valence-electron chi connectivity index (χ2n) is 3.51. The van der Waals surface area contributed by atoms with E-state index >= 15 is 0 Å². The Morgan fingerprint density at radius 1 is 1.35 bits per heavy atom. The van der Waals surface area contributed by atoms with Crippen molar-refractivity contribution in [3.63, 3.8) is 0 Å². The Kier molecular flexibility index (Phi) is 4.20. The van der Waals surface area contributed by atoms with Gasteiger partial charge in [-0.05, 0) is 46.7 Å². The van der Waals surface area contributed by atoms with Crippen LogP contribution in [0.1, 0.15) is 16.5 Å². The van der Waals surface area contributed by atoms with Crippen molar-refractivity contribution in [2.24, 2.45) is 0 Å². The zero-order chi connectivity index (χ0) is 12.4. The normalized spacial score (nSPS) is 12.7. The lowest BCUT2D eigenvalue weighted by atomic mass is 10.1. The molecule has 1 N–H and O–H groups in total. The molecule has 1 aromatic heterocycles. The van der Waals surface area contributed by atoms with Crippen LogP contribution in [0.4, 0.5) is 4.39 Å². The van der Waals surface area contributed by atoms with Gasteiger partial charge in [-0.25, -0.2) is 4.39 Å². The molecule has 5 heteroatoms. The first-order valence-corrected chi connectivity index (χ1v) is 6.98. The highest BCUT2D eigenvalue weighted by Gasteiger charge is 2.18. The highest BCUT2D eigenvalue weighted by molar-refractivity contribution is 9.10. The van der Waals surface area contributed by atoms with E-state index in [0.29, 0.717) is 4.47 Å². The van der Waals surface area contributed by atoms with Gasteiger partial charge < -0.3 is 5.32 Å². The summed E-state index contributed by atoms with van der Waals surface area (Å²) in [6.45, 7) is 0. The SMILES string of the molecule is CNC(c1ccc(Cl)s1)c1cccc(F)c1Br. The molecular weight excluding hydrogens is 325 g/mol. The summed E-state index contributed by atoms with van der Waals surface area (Å²) >= 11 is 10.7. The van der Waals surface area contributed by atoms with Crippen molar-refractivity contribution >= 4 is 38.9 Å². The summed E-state index contributed by atoms with van der Waals surface area (Å²) in [5.41, 5.74) is 0.867. The number of hydrogen-bond donors (Lipinski definition) is 1. The lowest BCUT2D eigenvalue weighted by Crippen LogP contribution is -2.17. The fourth-order valence-electron chi connectivity index (χ4n) is 1.68. The molecule has 0 aliphatic rings. The van der Waals surface area contributed by atoms with Crippen LogP contribution < -0.4 is 5.32 Å². The maximum absolute atomic E-state index is 13.5. The molecule has 0 spiro atoms. The number of hydrogen-bond acceptors (Lipinski definition) is 2. The Morgan fingerprint density at radius 3 is 2.71 bits per heavy atom. The largest absolute Gasteiger partial charge is 0.309 e. The molecule has 0 saturated carbocycles. The monoisotopic (exact) mass is 333 g/mol. The number of halogens is 3. The van der Waals surface area contributed by atoms with E-state index in [0.717, 1.165) is 14.8 Å². The second kappa shape index (κ2) is 5.48. The van der Waals surface area contributed by atoms with Crippen molar-refractivity contribution < 1.29 is 4.39 Å². The zero-order valence-corrected chi connectivity index (χ0v) is 12.2. The Hall–Kier alpha value is -0.420. The summed E-state index contributed by atoms with van der Waals surface area (Å²) in [5, 5.41) is 3.17. The molecule has 0 aliphatic carbocycles. The van der Waals surface area contributed by atoms with Crippen molar-refractivity contribution in [3.05, 3.63) is 55.4 Å². The summed E-state index contributed by atoms with van der Waals surface area (Å²) in [7, 11) is 1.84. The summed E-state index contributed by atoms with van der Waals surface area (Å²) in [5.74, 6) is -0.259. The van der Waals surface area contributed by atoms with Gasteiger partial charge in [0, 0.05) is 4.88 Å². The van der Waals surface area contributed by atoms with Crippen LogP contribution in [-0.2, 0) is 0 Å². The van der Waals surface area contributed by atoms with Crippen LogP contribution in [0.15, 0.2) is 34.8 Å². The number of benzene rings is 1. The molecule has 2 aromatic rings. The molecule has 0 bridgehead atoms. The second-order valence-corrected chi connectivity index (χ2v) is 6.05. The van der Waals surface area contributed by atoms with Crippen LogP contribution in [0.2, 0.25) is 4.34 Å². The highest BCUT2D eigenvalue weighted by Crippen LogP contribution is 2.34. The van der Waals surface area contributed by atoms with Crippen LogP contribution in [0, 0.1) is 5.82 Å². The lowest BCUT2D eigenvalue weighted by Gasteiger charge is -2.16. The fraction of sp³-hybridized carbons (Fsp3) is 0.167. The van der Waals surface area contributed by atoms with Gasteiger partial charge in [0.05, 0.1) is 14.9 Å². The minimum absolute atomic E-state index is 0.0578. The Balaban J connectivity index is 2.45. The Labute approximate surface area is 117 Å². The van der Waals surface area contributed by atoms with Gasteiger partial charge in [-0.1, -0.05) is 23.7 Å². The van der Waals surface area contributed by atoms with E-state index in [1.165, 1.54) is 17.4 Å². The molecule has 0 saturated heterocycles. The summed E-state index contributed by atoms with van der Waals surface area (Å²) in [6.07, 6.45) is 0. The Bertz CT molecular complexity index is 529. The minimum Gasteiger partial charge on any atom is -0.309 e. The van der Waals surface area contributed by atoms with Crippen molar-refractivity contribution in [2.75, 3.05) is 7.05 Å². The molecule has 1 nitrogen and oxygen atoms in total. The maximum Gasteiger partial charge on any atom is 0.137 e. The summed E-state index contributed by atoms with van der Waals surface area (Å²) < 4.78 is 14.7. The molecule has 17 heavy (non-hydrogen) atoms. The first-order valence-electron chi connectivity index (χ1n) is 5.00. The quantitative estimate of drug-likeness (QED) is 0.864. The van der Waals surface area contributed by atoms with Gasteiger partial charge in [-0.15, -0.1) is 11.3 Å². The summed E-state index contributed by atoms with van der Waals surface area (Å²) in [4.78, 5) is 1.06. The third-order valence-electron chi connectivity index (χ3n) is 2.46. The lowest BCUT2D eigenvalue weighted by molar-refractivity contribution is 0.609. The minimum atomic E-state index is -0.259. The van der Waals surface area contributed by atoms with Gasteiger partial charge >= 0.3 is 0 Å². The predicted molar refractivity (Wildman–Crippen MR) is 74.3 cm³/mol. The standard InChI is InChI=1S/C12H10BrClFNS/c1-16-12(9-5-6-10(14)17-9)7-3-2-4-8(15)11(7)13/h2-6,12,16H,1H3. The molecule has 0 radical (unpaired) electrons. The molecule has 2 rings (SSSR count). The average Bonchev–Trinajstić information content (AvgIpc) is 2.72. The van der Waals surface area contributed by atoms with Crippen LogP contribution in [0.5, 0.6) is 0 Å². The molecule has 90 valence electrons. The molecular formula is C12H10BrClFNS. The first kappa shape index (κ1) is 13.0.